The lowest BCUT2D eigenvalue weighted by atomic mass is 10.0. The van der Waals surface area contributed by atoms with Crippen molar-refractivity contribution in [3.8, 4) is 17.5 Å². The van der Waals surface area contributed by atoms with Crippen LogP contribution in [0.3, 0.4) is 0 Å². The van der Waals surface area contributed by atoms with E-state index in [2.05, 4.69) is 11.2 Å². The summed E-state index contributed by atoms with van der Waals surface area (Å²) in [7, 11) is 0. The standard InChI is InChI=1S/C27H32N4O5/c1-7-34-25(32)22-20(15-28)23(24-17(3)19-14-16(2)8-9-21(19)35-24)31(29-22)18-10-12-30(13-11-18)26(33)36-27(4,5)6/h8-9,14,18H,7,10-13H2,1-6H3. The molecule has 1 aliphatic heterocycles. The Morgan fingerprint density at radius 3 is 2.53 bits per heavy atom. The van der Waals surface area contributed by atoms with Crippen LogP contribution in [0.25, 0.3) is 22.4 Å². The molecule has 0 radical (unpaired) electrons. The van der Waals surface area contributed by atoms with Crippen molar-refractivity contribution < 1.29 is 23.5 Å². The van der Waals surface area contributed by atoms with Gasteiger partial charge in [-0.25, -0.2) is 9.59 Å². The Bertz CT molecular complexity index is 1350. The number of rotatable bonds is 4. The van der Waals surface area contributed by atoms with Crippen molar-refractivity contribution in [3.63, 3.8) is 0 Å². The van der Waals surface area contributed by atoms with Crippen molar-refractivity contribution in [2.75, 3.05) is 19.7 Å². The Labute approximate surface area is 210 Å². The number of aromatic nitrogens is 2. The zero-order chi connectivity index (χ0) is 26.2. The first kappa shape index (κ1) is 25.3. The first-order chi connectivity index (χ1) is 17.0. The van der Waals surface area contributed by atoms with Crippen LogP contribution in [0.5, 0.6) is 0 Å². The van der Waals surface area contributed by atoms with Crippen molar-refractivity contribution in [3.05, 3.63) is 40.6 Å². The molecule has 0 unspecified atom stereocenters. The minimum absolute atomic E-state index is 0.0278. The first-order valence-corrected chi connectivity index (χ1v) is 12.2. The largest absolute Gasteiger partial charge is 0.461 e. The summed E-state index contributed by atoms with van der Waals surface area (Å²) in [6.07, 6.45) is 0.814. The number of piperidine rings is 1. The van der Waals surface area contributed by atoms with Gasteiger partial charge in [-0.2, -0.15) is 10.4 Å². The average Bonchev–Trinajstić information content (AvgIpc) is 3.36. The van der Waals surface area contributed by atoms with Gasteiger partial charge in [-0.1, -0.05) is 11.6 Å². The lowest BCUT2D eigenvalue weighted by molar-refractivity contribution is 0.0185. The van der Waals surface area contributed by atoms with Crippen LogP contribution in [0.1, 0.15) is 73.8 Å². The van der Waals surface area contributed by atoms with Crippen LogP contribution >= 0.6 is 0 Å². The minimum Gasteiger partial charge on any atom is -0.461 e. The zero-order valence-corrected chi connectivity index (χ0v) is 21.7. The number of hydrogen-bond donors (Lipinski definition) is 0. The number of furan rings is 1. The fourth-order valence-electron chi connectivity index (χ4n) is 4.54. The average molecular weight is 493 g/mol. The molecule has 190 valence electrons. The highest BCUT2D eigenvalue weighted by Crippen LogP contribution is 2.39. The number of amides is 1. The van der Waals surface area contributed by atoms with E-state index in [0.717, 1.165) is 16.5 Å². The third-order valence-electron chi connectivity index (χ3n) is 6.26. The molecule has 3 heterocycles. The number of nitrogens with zero attached hydrogens (tertiary/aromatic N) is 4. The third kappa shape index (κ3) is 4.81. The Morgan fingerprint density at radius 1 is 1.22 bits per heavy atom. The highest BCUT2D eigenvalue weighted by atomic mass is 16.6. The molecule has 0 N–H and O–H groups in total. The van der Waals surface area contributed by atoms with Crippen molar-refractivity contribution in [1.82, 2.24) is 14.7 Å². The molecule has 0 spiro atoms. The number of ether oxygens (including phenoxy) is 2. The number of nitriles is 1. The number of carbonyl (C=O) groups excluding carboxylic acids is 2. The van der Waals surface area contributed by atoms with Crippen LogP contribution in [0.4, 0.5) is 4.79 Å². The molecule has 0 bridgehead atoms. The number of carbonyl (C=O) groups is 2. The Morgan fingerprint density at radius 2 is 1.92 bits per heavy atom. The van der Waals surface area contributed by atoms with Crippen LogP contribution in [0.15, 0.2) is 22.6 Å². The summed E-state index contributed by atoms with van der Waals surface area (Å²) in [6.45, 7) is 12.3. The molecule has 2 aromatic heterocycles. The van der Waals surface area contributed by atoms with E-state index in [1.165, 1.54) is 0 Å². The van der Waals surface area contributed by atoms with Crippen molar-refractivity contribution in [2.45, 2.75) is 66.0 Å². The summed E-state index contributed by atoms with van der Waals surface area (Å²) in [5.74, 6) is -0.144. The van der Waals surface area contributed by atoms with E-state index in [9.17, 15) is 14.9 Å². The van der Waals surface area contributed by atoms with Gasteiger partial charge in [-0.15, -0.1) is 0 Å². The number of aryl methyl sites for hydroxylation is 2. The second-order valence-corrected chi connectivity index (χ2v) is 10.1. The van der Waals surface area contributed by atoms with Gasteiger partial charge < -0.3 is 18.8 Å². The van der Waals surface area contributed by atoms with Gasteiger partial charge in [-0.05, 0) is 66.5 Å². The zero-order valence-electron chi connectivity index (χ0n) is 21.7. The van der Waals surface area contributed by atoms with Gasteiger partial charge in [0.2, 0.25) is 0 Å². The van der Waals surface area contributed by atoms with E-state index in [1.807, 2.05) is 52.8 Å². The molecular weight excluding hydrogens is 460 g/mol. The molecular formula is C27H32N4O5. The Balaban J connectivity index is 1.76. The molecule has 1 aliphatic rings. The summed E-state index contributed by atoms with van der Waals surface area (Å²) in [5.41, 5.74) is 2.64. The number of benzene rings is 1. The fourth-order valence-corrected chi connectivity index (χ4v) is 4.54. The number of fused-ring (bicyclic) bond motifs is 1. The van der Waals surface area contributed by atoms with Gasteiger partial charge in [0.05, 0.1) is 12.6 Å². The van der Waals surface area contributed by atoms with E-state index >= 15 is 0 Å². The molecule has 9 nitrogen and oxygen atoms in total. The highest BCUT2D eigenvalue weighted by molar-refractivity contribution is 5.94. The van der Waals surface area contributed by atoms with Gasteiger partial charge in [-0.3, -0.25) is 4.68 Å². The highest BCUT2D eigenvalue weighted by Gasteiger charge is 2.34. The molecule has 3 aromatic rings. The van der Waals surface area contributed by atoms with E-state index in [-0.39, 0.29) is 30.0 Å². The summed E-state index contributed by atoms with van der Waals surface area (Å²) in [6, 6.07) is 7.93. The Hall–Kier alpha value is -3.80. The maximum atomic E-state index is 12.7. The molecule has 1 aromatic carbocycles. The summed E-state index contributed by atoms with van der Waals surface area (Å²) >= 11 is 0. The quantitative estimate of drug-likeness (QED) is 0.440. The molecule has 0 saturated carbocycles. The van der Waals surface area contributed by atoms with E-state index in [4.69, 9.17) is 13.9 Å². The topological polar surface area (TPSA) is 111 Å². The smallest absolute Gasteiger partial charge is 0.410 e. The summed E-state index contributed by atoms with van der Waals surface area (Å²) in [4.78, 5) is 27.0. The number of likely N-dealkylation sites (tertiary alicyclic amines) is 1. The molecule has 9 heteroatoms. The molecule has 1 fully saturated rings. The van der Waals surface area contributed by atoms with Crippen LogP contribution < -0.4 is 0 Å². The van der Waals surface area contributed by atoms with Crippen molar-refractivity contribution >= 4 is 23.0 Å². The van der Waals surface area contributed by atoms with Gasteiger partial charge in [0.1, 0.15) is 28.5 Å². The van der Waals surface area contributed by atoms with Crippen molar-refractivity contribution in [2.24, 2.45) is 0 Å². The van der Waals surface area contributed by atoms with Crippen LogP contribution in [0.2, 0.25) is 0 Å². The number of hydrogen-bond acceptors (Lipinski definition) is 7. The molecule has 4 rings (SSSR count). The molecule has 1 saturated heterocycles. The van der Waals surface area contributed by atoms with Crippen LogP contribution in [0, 0.1) is 25.2 Å². The molecule has 0 atom stereocenters. The van der Waals surface area contributed by atoms with Gasteiger partial charge in [0.15, 0.2) is 11.5 Å². The lowest BCUT2D eigenvalue weighted by Crippen LogP contribution is -2.42. The van der Waals surface area contributed by atoms with Crippen LogP contribution in [-0.4, -0.2) is 52.0 Å². The predicted molar refractivity (Wildman–Crippen MR) is 134 cm³/mol. The second kappa shape index (κ2) is 9.69. The molecule has 1 amide bonds. The fraction of sp³-hybridized carbons (Fsp3) is 0.481. The molecule has 36 heavy (non-hydrogen) atoms. The number of esters is 1. The maximum Gasteiger partial charge on any atom is 0.410 e. The molecule has 0 aliphatic carbocycles. The van der Waals surface area contributed by atoms with E-state index in [0.29, 0.717) is 43.0 Å². The third-order valence-corrected chi connectivity index (χ3v) is 6.26. The predicted octanol–water partition coefficient (Wildman–Crippen LogP) is 5.53. The summed E-state index contributed by atoms with van der Waals surface area (Å²) in [5, 5.41) is 15.6. The van der Waals surface area contributed by atoms with Crippen LogP contribution in [-0.2, 0) is 9.47 Å². The SMILES string of the molecule is CCOC(=O)c1nn(C2CCN(C(=O)OC(C)(C)C)CC2)c(-c2oc3ccc(C)cc3c2C)c1C#N. The minimum atomic E-state index is -0.648. The normalized spacial score (nSPS) is 14.6. The summed E-state index contributed by atoms with van der Waals surface area (Å²) < 4.78 is 18.7. The maximum absolute atomic E-state index is 12.7. The van der Waals surface area contributed by atoms with E-state index in [1.54, 1.807) is 16.5 Å². The second-order valence-electron chi connectivity index (χ2n) is 10.1. The van der Waals surface area contributed by atoms with Gasteiger partial charge >= 0.3 is 12.1 Å². The monoisotopic (exact) mass is 492 g/mol. The van der Waals surface area contributed by atoms with E-state index < -0.39 is 11.6 Å². The first-order valence-electron chi connectivity index (χ1n) is 12.2. The lowest BCUT2D eigenvalue weighted by Gasteiger charge is -2.33. The van der Waals surface area contributed by atoms with Gasteiger partial charge in [0, 0.05) is 24.0 Å². The Kier molecular flexibility index (Phi) is 6.81. The van der Waals surface area contributed by atoms with Gasteiger partial charge in [0.25, 0.3) is 0 Å². The van der Waals surface area contributed by atoms with Crippen molar-refractivity contribution in [1.29, 1.82) is 5.26 Å².